The molecule has 3 atom stereocenters. The summed E-state index contributed by atoms with van der Waals surface area (Å²) in [4.78, 5) is 77.0. The number of rotatable bonds is 27. The van der Waals surface area contributed by atoms with E-state index in [1.54, 1.807) is 56.5 Å². The Morgan fingerprint density at radius 1 is 0.512 bits per heavy atom. The SMILES string of the molecule is CC(C)Oc1ccc(C(=O)Oc2c(F)c(F)c(F)c(F)c2F)cc1Cl.CN(C)c1ccccc1-c1ccccc1P(C1CCCCC1)C1CCCCC1.CNC(=O)C(Cc1ccc(Br)cc1)NC(=O)c1ccc(OC(C)C)c(Cl)c1.CNC(=O)C(Cc1ccc(N2CCNCC2)cc1)NC(=O)c1ccc(OC(C)C)c(Cl)c1.N[C@@H](Cc1ccc(Br)cc1)C(=O)O. The molecule has 2 saturated carbocycles. The van der Waals surface area contributed by atoms with E-state index < -0.39 is 64.9 Å². The van der Waals surface area contributed by atoms with Gasteiger partial charge in [0.25, 0.3) is 11.8 Å². The average Bonchev–Trinajstić information content (AvgIpc) is 0.779. The van der Waals surface area contributed by atoms with Gasteiger partial charge in [-0.15, -0.1) is 0 Å². The minimum Gasteiger partial charge on any atom is -0.489 e. The first kappa shape index (κ1) is 101. The molecule has 1 heterocycles. The number of amides is 4. The predicted octanol–water partition coefficient (Wildman–Crippen LogP) is 20.2. The first-order chi connectivity index (χ1) is 59.6. The number of anilines is 2. The number of carboxylic acids is 1. The monoisotopic (exact) mass is 1930 g/mol. The van der Waals surface area contributed by atoms with Gasteiger partial charge in [0, 0.05) is 104 Å². The van der Waals surface area contributed by atoms with Crippen LogP contribution in [-0.4, -0.2) is 143 Å². The Balaban J connectivity index is 0.000000198. The van der Waals surface area contributed by atoms with Gasteiger partial charge in [0.15, 0.2) is 0 Å². The smallest absolute Gasteiger partial charge is 0.343 e. The molecular formula is C95H109Br2Cl3F5N8O11P. The number of piperazine rings is 1. The molecule has 1 aliphatic heterocycles. The highest BCUT2D eigenvalue weighted by Gasteiger charge is 2.35. The fraction of sp³-hybridized carbons (Fsp3) is 0.368. The minimum atomic E-state index is -2.35. The van der Waals surface area contributed by atoms with Crippen molar-refractivity contribution in [1.29, 1.82) is 0 Å². The van der Waals surface area contributed by atoms with Crippen LogP contribution in [0.25, 0.3) is 11.1 Å². The van der Waals surface area contributed by atoms with Crippen LogP contribution in [0, 0.1) is 29.1 Å². The normalized spacial score (nSPS) is 14.1. The van der Waals surface area contributed by atoms with Crippen molar-refractivity contribution in [3.8, 4) is 34.1 Å². The molecule has 0 spiro atoms. The van der Waals surface area contributed by atoms with Gasteiger partial charge >= 0.3 is 11.9 Å². The Hall–Kier alpha value is -9.37. The Bertz CT molecular complexity index is 5030. The molecule has 670 valence electrons. The number of benzene rings is 9. The molecule has 1 saturated heterocycles. The Labute approximate surface area is 762 Å². The quantitative estimate of drug-likeness (QED) is 0.00631. The summed E-state index contributed by atoms with van der Waals surface area (Å²) in [6.07, 6.45) is 15.4. The number of carbonyl (C=O) groups is 6. The van der Waals surface area contributed by atoms with Crippen LogP contribution < -0.4 is 66.4 Å². The van der Waals surface area contributed by atoms with Crippen LogP contribution in [0.4, 0.5) is 33.3 Å². The fourth-order valence-electron chi connectivity index (χ4n) is 14.3. The van der Waals surface area contributed by atoms with Crippen LogP contribution in [0.5, 0.6) is 23.0 Å². The lowest BCUT2D eigenvalue weighted by molar-refractivity contribution is -0.138. The molecule has 2 unspecified atom stereocenters. The lowest BCUT2D eigenvalue weighted by atomic mass is 9.99. The molecule has 0 aromatic heterocycles. The molecule has 0 bridgehead atoms. The lowest BCUT2D eigenvalue weighted by Crippen LogP contribution is -2.47. The number of hydrogen-bond donors (Lipinski definition) is 7. The predicted molar refractivity (Wildman–Crippen MR) is 497 cm³/mol. The molecule has 0 radical (unpaired) electrons. The number of carbonyl (C=O) groups excluding carboxylic acids is 5. The molecule has 12 rings (SSSR count). The zero-order valence-corrected chi connectivity index (χ0v) is 77.9. The van der Waals surface area contributed by atoms with E-state index in [0.717, 1.165) is 81.0 Å². The number of nitrogens with zero attached hydrogens (tertiary/aromatic N) is 2. The van der Waals surface area contributed by atoms with Gasteiger partial charge in [-0.05, 0) is 210 Å². The largest absolute Gasteiger partial charge is 0.489 e. The van der Waals surface area contributed by atoms with E-state index in [1.165, 1.54) is 100 Å². The highest BCUT2D eigenvalue weighted by atomic mass is 79.9. The standard InChI is InChI=1S/C26H36NP.C24H31ClN4O3.C20H22BrClN2O3.C16H10ClF5O3.C9H10BrNO2/c1-27(2)25-19-11-9-17-23(25)24-18-10-12-20-26(24)28(21-13-5-3-6-14-21)22-15-7-4-8-16-22;1-16(2)32-22-9-6-18(15-20(22)25)23(30)28-21(24(31)26-3)14-17-4-7-19(8-5-17)29-12-10-27-11-13-29;1-12(2)27-18-9-6-14(11-16(18)22)19(25)24-17(20(26)23-3)10-13-4-7-15(21)8-5-13;1-6(2)24-9-4-3-7(5-8(9)17)16(23)25-15-13(21)11(19)10(18)12(20)14(15)22;10-7-3-1-6(2-4-7)5-8(11)9(12)13/h9-12,17-22H,3-8,13-16H2,1-2H3;4-9,15-16,21,27H,10-14H2,1-3H3,(H,26,31)(H,28,30);4-9,11-12,17H,10H2,1-3H3,(H,23,26)(H,24,25);3-6H,1-2H3;1-4,8H,5,11H2,(H,12,13)/t;;;;8-/m....0/s1. The summed E-state index contributed by atoms with van der Waals surface area (Å²) >= 11 is 25.0. The van der Waals surface area contributed by atoms with Crippen molar-refractivity contribution in [2.75, 3.05) is 64.2 Å². The number of hydrogen-bond acceptors (Lipinski definition) is 14. The van der Waals surface area contributed by atoms with E-state index >= 15 is 0 Å². The third-order valence-electron chi connectivity index (χ3n) is 20.4. The van der Waals surface area contributed by atoms with Gasteiger partial charge in [0.05, 0.1) is 38.9 Å². The van der Waals surface area contributed by atoms with E-state index in [0.29, 0.717) is 51.9 Å². The van der Waals surface area contributed by atoms with Crippen molar-refractivity contribution in [3.05, 3.63) is 262 Å². The summed E-state index contributed by atoms with van der Waals surface area (Å²) in [6.45, 7) is 15.0. The zero-order valence-electron chi connectivity index (χ0n) is 71.6. The molecule has 8 N–H and O–H groups in total. The van der Waals surface area contributed by atoms with Crippen LogP contribution >= 0.6 is 74.6 Å². The molecule has 3 aliphatic rings. The third kappa shape index (κ3) is 30.7. The van der Waals surface area contributed by atoms with Crippen molar-refractivity contribution in [1.82, 2.24) is 26.6 Å². The van der Waals surface area contributed by atoms with Crippen LogP contribution in [0.3, 0.4) is 0 Å². The number of ether oxygens (including phenoxy) is 4. The Morgan fingerprint density at radius 2 is 0.888 bits per heavy atom. The van der Waals surface area contributed by atoms with Crippen LogP contribution in [0.1, 0.15) is 154 Å². The second kappa shape index (κ2) is 50.2. The van der Waals surface area contributed by atoms with Gasteiger partial charge in [-0.25, -0.2) is 18.0 Å². The topological polar surface area (TPSA) is 252 Å². The van der Waals surface area contributed by atoms with Gasteiger partial charge in [-0.2, -0.15) is 8.78 Å². The average molecular weight is 1930 g/mol. The summed E-state index contributed by atoms with van der Waals surface area (Å²) in [5.74, 6) is -15.3. The lowest BCUT2D eigenvalue weighted by Gasteiger charge is -2.39. The number of carboxylic acid groups (broad SMARTS) is 1. The highest BCUT2D eigenvalue weighted by Crippen LogP contribution is 2.56. The van der Waals surface area contributed by atoms with Crippen LogP contribution in [-0.2, 0) is 33.6 Å². The molecule has 125 heavy (non-hydrogen) atoms. The molecule has 30 heteroatoms. The van der Waals surface area contributed by atoms with Crippen LogP contribution in [0.2, 0.25) is 15.1 Å². The van der Waals surface area contributed by atoms with Gasteiger partial charge < -0.3 is 66.2 Å². The summed E-state index contributed by atoms with van der Waals surface area (Å²) in [5, 5.41) is 25.1. The van der Waals surface area contributed by atoms with Gasteiger partial charge in [0.2, 0.25) is 46.6 Å². The maximum Gasteiger partial charge on any atom is 0.343 e. The first-order valence-electron chi connectivity index (χ1n) is 41.5. The van der Waals surface area contributed by atoms with E-state index in [4.69, 9.17) is 59.9 Å². The van der Waals surface area contributed by atoms with E-state index in [-0.39, 0.29) is 66.2 Å². The molecule has 9 aromatic rings. The van der Waals surface area contributed by atoms with Crippen molar-refractivity contribution in [3.63, 3.8) is 0 Å². The number of para-hydroxylation sites is 1. The van der Waals surface area contributed by atoms with E-state index in [2.05, 4.69) is 148 Å². The number of esters is 1. The second-order valence-corrected chi connectivity index (χ2v) is 36.9. The van der Waals surface area contributed by atoms with Crippen molar-refractivity contribution >= 4 is 127 Å². The highest BCUT2D eigenvalue weighted by molar-refractivity contribution is 9.10. The van der Waals surface area contributed by atoms with E-state index in [9.17, 15) is 50.7 Å². The molecule has 4 amide bonds. The van der Waals surface area contributed by atoms with Crippen molar-refractivity contribution in [2.45, 2.75) is 173 Å². The third-order valence-corrected chi connectivity index (χ3v) is 25.9. The zero-order chi connectivity index (χ0) is 91.1. The summed E-state index contributed by atoms with van der Waals surface area (Å²) in [7, 11) is 7.36. The maximum absolute atomic E-state index is 13.5. The Morgan fingerprint density at radius 3 is 1.29 bits per heavy atom. The molecular weight excluding hydrogens is 1820 g/mol. The number of nitrogens with two attached hydrogens (primary N) is 1. The summed E-state index contributed by atoms with van der Waals surface area (Å²) in [5.41, 5.74) is 16.0. The Kier molecular flexibility index (Phi) is 40.6. The van der Waals surface area contributed by atoms with Crippen LogP contribution in [0.15, 0.2) is 185 Å². The van der Waals surface area contributed by atoms with E-state index in [1.807, 2.05) is 88.4 Å². The first-order valence-corrected chi connectivity index (χ1v) is 45.7. The number of halogens is 10. The molecule has 3 fully saturated rings. The summed E-state index contributed by atoms with van der Waals surface area (Å²) in [6, 6.07) is 52.6. The number of aliphatic carboxylic acids is 1. The fourth-order valence-corrected chi connectivity index (χ4v) is 19.4. The number of nitrogens with one attached hydrogen (secondary N) is 5. The van der Waals surface area contributed by atoms with Gasteiger partial charge in [-0.3, -0.25) is 24.0 Å². The molecule has 19 nitrogen and oxygen atoms in total. The van der Waals surface area contributed by atoms with Gasteiger partial charge in [-0.1, -0.05) is 192 Å². The van der Waals surface area contributed by atoms with Gasteiger partial charge in [0.1, 0.15) is 35.4 Å². The minimum absolute atomic E-state index is 0.000520. The number of likely N-dealkylation sites (N-methyl/N-ethyl adjacent to an activating group) is 2. The van der Waals surface area contributed by atoms with Crippen molar-refractivity contribution in [2.24, 2.45) is 5.73 Å². The molecule has 9 aromatic carbocycles. The second-order valence-electron chi connectivity index (χ2n) is 31.1. The maximum atomic E-state index is 13.5. The summed E-state index contributed by atoms with van der Waals surface area (Å²) < 4.78 is 89.0. The molecule has 2 aliphatic carbocycles. The van der Waals surface area contributed by atoms with Crippen molar-refractivity contribution < 1.29 is 74.8 Å².